The minimum atomic E-state index is 0.243. The summed E-state index contributed by atoms with van der Waals surface area (Å²) in [6, 6.07) is 4.32. The van der Waals surface area contributed by atoms with Gasteiger partial charge in [-0.25, -0.2) is 4.98 Å². The Morgan fingerprint density at radius 1 is 1.35 bits per heavy atom. The van der Waals surface area contributed by atoms with E-state index in [1.165, 1.54) is 30.5 Å². The summed E-state index contributed by atoms with van der Waals surface area (Å²) < 4.78 is 0. The molecule has 1 aromatic heterocycles. The molecule has 0 spiro atoms. The Morgan fingerprint density at radius 3 is 2.75 bits per heavy atom. The van der Waals surface area contributed by atoms with E-state index in [1.807, 2.05) is 6.07 Å². The van der Waals surface area contributed by atoms with Crippen LogP contribution < -0.4 is 5.32 Å². The number of nitrogens with zero attached hydrogens (tertiary/aromatic N) is 3. The van der Waals surface area contributed by atoms with Gasteiger partial charge in [0.05, 0.1) is 5.56 Å². The first kappa shape index (κ1) is 13.4. The van der Waals surface area contributed by atoms with Crippen LogP contribution in [0.2, 0.25) is 0 Å². The fourth-order valence-electron chi connectivity index (χ4n) is 3.31. The van der Waals surface area contributed by atoms with Gasteiger partial charge in [-0.2, -0.15) is 5.26 Å². The zero-order chi connectivity index (χ0) is 14.2. The largest absolute Gasteiger partial charge is 0.367 e. The minimum Gasteiger partial charge on any atom is -0.367 e. The predicted octanol–water partition coefficient (Wildman–Crippen LogP) is 2.34. The molecule has 0 aliphatic heterocycles. The normalized spacial score (nSPS) is 19.3. The van der Waals surface area contributed by atoms with E-state index in [1.54, 1.807) is 0 Å². The van der Waals surface area contributed by atoms with Gasteiger partial charge in [0.15, 0.2) is 0 Å². The molecule has 1 heterocycles. The van der Waals surface area contributed by atoms with Crippen LogP contribution in [0.25, 0.3) is 0 Å². The monoisotopic (exact) mass is 270 g/mol. The molecule has 20 heavy (non-hydrogen) atoms. The lowest BCUT2D eigenvalue weighted by atomic mass is 9.75. The quantitative estimate of drug-likeness (QED) is 0.912. The maximum atomic E-state index is 9.32. The molecular weight excluding hydrogens is 248 g/mol. The molecule has 0 bridgehead atoms. The summed E-state index contributed by atoms with van der Waals surface area (Å²) in [5.41, 5.74) is 3.38. The topological polar surface area (TPSA) is 52.0 Å². The van der Waals surface area contributed by atoms with Crippen LogP contribution in [0.4, 0.5) is 5.82 Å². The summed E-state index contributed by atoms with van der Waals surface area (Å²) in [6.45, 7) is 0.875. The van der Waals surface area contributed by atoms with Crippen molar-refractivity contribution in [3.05, 3.63) is 22.9 Å². The lowest BCUT2D eigenvalue weighted by Gasteiger charge is -2.47. The van der Waals surface area contributed by atoms with Crippen LogP contribution in [0.3, 0.4) is 0 Å². The van der Waals surface area contributed by atoms with Crippen LogP contribution in [0.15, 0.2) is 6.07 Å². The fourth-order valence-corrected chi connectivity index (χ4v) is 3.31. The maximum Gasteiger partial charge on any atom is 0.144 e. The molecule has 0 radical (unpaired) electrons. The fraction of sp³-hybridized carbons (Fsp3) is 0.625. The molecule has 0 saturated heterocycles. The highest BCUT2D eigenvalue weighted by atomic mass is 15.2. The van der Waals surface area contributed by atoms with Gasteiger partial charge in [0.1, 0.15) is 11.9 Å². The van der Waals surface area contributed by atoms with Crippen molar-refractivity contribution in [1.82, 2.24) is 9.88 Å². The van der Waals surface area contributed by atoms with Crippen molar-refractivity contribution < 1.29 is 0 Å². The van der Waals surface area contributed by atoms with E-state index in [0.717, 1.165) is 31.6 Å². The van der Waals surface area contributed by atoms with Crippen molar-refractivity contribution in [2.24, 2.45) is 0 Å². The third kappa shape index (κ3) is 2.16. The molecule has 0 amide bonds. The standard InChI is InChI=1S/C16H22N4/c1-20(2)16(7-4-8-16)11-18-15-13(10-17)9-12-5-3-6-14(12)19-15/h9H,3-8,11H2,1-2H3,(H,18,19). The van der Waals surface area contributed by atoms with Gasteiger partial charge < -0.3 is 10.2 Å². The van der Waals surface area contributed by atoms with Crippen LogP contribution in [-0.4, -0.2) is 36.1 Å². The number of likely N-dealkylation sites (N-methyl/N-ethyl adjacent to an activating group) is 1. The van der Waals surface area contributed by atoms with Gasteiger partial charge in [0.25, 0.3) is 0 Å². The molecule has 3 rings (SSSR count). The molecule has 2 aliphatic carbocycles. The van der Waals surface area contributed by atoms with E-state index in [-0.39, 0.29) is 5.54 Å². The molecule has 4 nitrogen and oxygen atoms in total. The molecule has 4 heteroatoms. The molecular formula is C16H22N4. The summed E-state index contributed by atoms with van der Waals surface area (Å²) in [6.07, 6.45) is 7.02. The van der Waals surface area contributed by atoms with E-state index in [9.17, 15) is 5.26 Å². The number of pyridine rings is 1. The molecule has 1 N–H and O–H groups in total. The SMILES string of the molecule is CN(C)C1(CNc2nc3c(cc2C#N)CCC3)CCC1. The Hall–Kier alpha value is -1.60. The van der Waals surface area contributed by atoms with Gasteiger partial charge in [-0.15, -0.1) is 0 Å². The van der Waals surface area contributed by atoms with Gasteiger partial charge in [-0.1, -0.05) is 0 Å². The lowest BCUT2D eigenvalue weighted by Crippen LogP contribution is -2.54. The second kappa shape index (κ2) is 5.06. The average Bonchev–Trinajstić information content (AvgIpc) is 2.82. The number of fused-ring (bicyclic) bond motifs is 1. The molecule has 2 aliphatic rings. The molecule has 1 aromatic rings. The number of hydrogen-bond donors (Lipinski definition) is 1. The van der Waals surface area contributed by atoms with Crippen LogP contribution in [-0.2, 0) is 12.8 Å². The summed E-state index contributed by atoms with van der Waals surface area (Å²) >= 11 is 0. The molecule has 1 saturated carbocycles. The van der Waals surface area contributed by atoms with Crippen LogP contribution >= 0.6 is 0 Å². The number of aromatic nitrogens is 1. The van der Waals surface area contributed by atoms with Gasteiger partial charge in [0, 0.05) is 17.8 Å². The number of anilines is 1. The smallest absolute Gasteiger partial charge is 0.144 e. The Balaban J connectivity index is 1.79. The van der Waals surface area contributed by atoms with E-state index in [4.69, 9.17) is 4.98 Å². The lowest BCUT2D eigenvalue weighted by molar-refractivity contribution is 0.0738. The van der Waals surface area contributed by atoms with Crippen molar-refractivity contribution in [1.29, 1.82) is 5.26 Å². The minimum absolute atomic E-state index is 0.243. The Bertz CT molecular complexity index is 552. The van der Waals surface area contributed by atoms with Gasteiger partial charge in [0.2, 0.25) is 0 Å². The third-order valence-corrected chi connectivity index (χ3v) is 4.99. The molecule has 0 unspecified atom stereocenters. The van der Waals surface area contributed by atoms with E-state index >= 15 is 0 Å². The van der Waals surface area contributed by atoms with E-state index < -0.39 is 0 Å². The number of nitrogens with one attached hydrogen (secondary N) is 1. The highest BCUT2D eigenvalue weighted by Gasteiger charge is 2.39. The molecule has 1 fully saturated rings. The molecule has 106 valence electrons. The van der Waals surface area contributed by atoms with Gasteiger partial charge in [-0.3, -0.25) is 0 Å². The number of nitriles is 1. The number of hydrogen-bond acceptors (Lipinski definition) is 4. The highest BCUT2D eigenvalue weighted by molar-refractivity contribution is 5.55. The summed E-state index contributed by atoms with van der Waals surface area (Å²) in [5.74, 6) is 0.779. The van der Waals surface area contributed by atoms with Crippen molar-refractivity contribution in [3.8, 4) is 6.07 Å². The Labute approximate surface area is 120 Å². The number of aryl methyl sites for hydroxylation is 2. The average molecular weight is 270 g/mol. The van der Waals surface area contributed by atoms with E-state index in [0.29, 0.717) is 5.56 Å². The molecule has 0 aromatic carbocycles. The van der Waals surface area contributed by atoms with Crippen molar-refractivity contribution >= 4 is 5.82 Å². The first-order valence-corrected chi connectivity index (χ1v) is 7.49. The van der Waals surface area contributed by atoms with Crippen molar-refractivity contribution in [2.75, 3.05) is 26.0 Å². The Kier molecular flexibility index (Phi) is 3.39. The first-order chi connectivity index (χ1) is 9.64. The molecule has 0 atom stereocenters. The van der Waals surface area contributed by atoms with Gasteiger partial charge >= 0.3 is 0 Å². The zero-order valence-electron chi connectivity index (χ0n) is 12.4. The summed E-state index contributed by atoms with van der Waals surface area (Å²) in [5, 5.41) is 12.8. The summed E-state index contributed by atoms with van der Waals surface area (Å²) in [7, 11) is 4.28. The van der Waals surface area contributed by atoms with Crippen molar-refractivity contribution in [3.63, 3.8) is 0 Å². The third-order valence-electron chi connectivity index (χ3n) is 4.99. The van der Waals surface area contributed by atoms with Gasteiger partial charge in [-0.05, 0) is 64.3 Å². The first-order valence-electron chi connectivity index (χ1n) is 7.49. The van der Waals surface area contributed by atoms with E-state index in [2.05, 4.69) is 30.4 Å². The second-order valence-electron chi connectivity index (χ2n) is 6.28. The van der Waals surface area contributed by atoms with Crippen LogP contribution in [0.5, 0.6) is 0 Å². The number of rotatable bonds is 4. The maximum absolute atomic E-state index is 9.32. The predicted molar refractivity (Wildman–Crippen MR) is 79.7 cm³/mol. The highest BCUT2D eigenvalue weighted by Crippen LogP contribution is 2.36. The zero-order valence-corrected chi connectivity index (χ0v) is 12.4. The van der Waals surface area contributed by atoms with Crippen LogP contribution in [0, 0.1) is 11.3 Å². The van der Waals surface area contributed by atoms with Crippen LogP contribution in [0.1, 0.15) is 42.5 Å². The second-order valence-corrected chi connectivity index (χ2v) is 6.28. The summed E-state index contributed by atoms with van der Waals surface area (Å²) in [4.78, 5) is 7.00. The van der Waals surface area contributed by atoms with Crippen molar-refractivity contribution in [2.45, 2.75) is 44.1 Å². The Morgan fingerprint density at radius 2 is 2.15 bits per heavy atom.